The predicted octanol–water partition coefficient (Wildman–Crippen LogP) is 3.07. The number of ether oxygens (including phenoxy) is 1. The van der Waals surface area contributed by atoms with Gasteiger partial charge in [-0.25, -0.2) is 0 Å². The molecule has 1 aliphatic rings. The predicted molar refractivity (Wildman–Crippen MR) is 76.6 cm³/mol. The minimum Gasteiger partial charge on any atom is -0.377 e. The number of halogens is 1. The highest BCUT2D eigenvalue weighted by atomic mass is 35.5. The highest BCUT2D eigenvalue weighted by molar-refractivity contribution is 6.17. The van der Waals surface area contributed by atoms with Gasteiger partial charge in [0.2, 0.25) is 0 Å². The van der Waals surface area contributed by atoms with Crippen molar-refractivity contribution in [2.24, 2.45) is 0 Å². The van der Waals surface area contributed by atoms with Crippen LogP contribution >= 0.6 is 11.6 Å². The Kier molecular flexibility index (Phi) is 5.23. The number of benzene rings is 1. The number of amides is 1. The molecule has 3 nitrogen and oxygen atoms in total. The first kappa shape index (κ1) is 14.4. The molecule has 1 unspecified atom stereocenters. The molecule has 1 aromatic carbocycles. The van der Waals surface area contributed by atoms with Gasteiger partial charge in [0, 0.05) is 31.1 Å². The molecule has 104 valence electrons. The summed E-state index contributed by atoms with van der Waals surface area (Å²) in [4.78, 5) is 14.3. The average molecular weight is 282 g/mol. The number of piperidine rings is 1. The fourth-order valence-corrected chi connectivity index (χ4v) is 2.59. The minimum atomic E-state index is 0.0884. The Morgan fingerprint density at radius 3 is 2.79 bits per heavy atom. The Labute approximate surface area is 119 Å². The molecule has 1 fully saturated rings. The van der Waals surface area contributed by atoms with E-state index in [-0.39, 0.29) is 12.0 Å². The number of carbonyl (C=O) groups is 1. The van der Waals surface area contributed by atoms with Crippen LogP contribution in [-0.2, 0) is 10.6 Å². The van der Waals surface area contributed by atoms with Crippen molar-refractivity contribution in [3.8, 4) is 0 Å². The van der Waals surface area contributed by atoms with E-state index in [1.807, 2.05) is 36.1 Å². The zero-order chi connectivity index (χ0) is 13.7. The van der Waals surface area contributed by atoms with Crippen molar-refractivity contribution in [3.63, 3.8) is 0 Å². The molecular formula is C15H20ClNO2. The first-order chi connectivity index (χ1) is 9.24. The molecule has 1 aromatic rings. The second-order valence-electron chi connectivity index (χ2n) is 4.80. The Balaban J connectivity index is 2.01. The van der Waals surface area contributed by atoms with E-state index in [4.69, 9.17) is 16.3 Å². The van der Waals surface area contributed by atoms with E-state index < -0.39 is 0 Å². The molecule has 1 heterocycles. The van der Waals surface area contributed by atoms with E-state index in [0.29, 0.717) is 19.0 Å². The number of nitrogens with zero attached hydrogens (tertiary/aromatic N) is 1. The fraction of sp³-hybridized carbons (Fsp3) is 0.533. The Hall–Kier alpha value is -1.06. The van der Waals surface area contributed by atoms with Gasteiger partial charge in [-0.05, 0) is 37.5 Å². The monoisotopic (exact) mass is 281 g/mol. The zero-order valence-electron chi connectivity index (χ0n) is 11.3. The molecule has 0 aromatic heterocycles. The number of hydrogen-bond acceptors (Lipinski definition) is 2. The molecule has 1 atom stereocenters. The van der Waals surface area contributed by atoms with Crippen molar-refractivity contribution in [1.29, 1.82) is 0 Å². The molecule has 0 aliphatic carbocycles. The third kappa shape index (κ3) is 3.71. The quantitative estimate of drug-likeness (QED) is 0.794. The fourth-order valence-electron chi connectivity index (χ4n) is 2.41. The van der Waals surface area contributed by atoms with Crippen LogP contribution in [0.15, 0.2) is 24.3 Å². The summed E-state index contributed by atoms with van der Waals surface area (Å²) >= 11 is 5.75. The van der Waals surface area contributed by atoms with Gasteiger partial charge >= 0.3 is 0 Å². The van der Waals surface area contributed by atoms with Crippen LogP contribution in [0.1, 0.15) is 35.7 Å². The summed E-state index contributed by atoms with van der Waals surface area (Å²) < 4.78 is 5.62. The summed E-state index contributed by atoms with van der Waals surface area (Å²) in [6.45, 7) is 4.21. The number of rotatable bonds is 4. The summed E-state index contributed by atoms with van der Waals surface area (Å²) in [6, 6.07) is 7.52. The topological polar surface area (TPSA) is 29.5 Å². The maximum absolute atomic E-state index is 12.4. The van der Waals surface area contributed by atoms with E-state index in [0.717, 1.165) is 30.5 Å². The van der Waals surface area contributed by atoms with Crippen molar-refractivity contribution in [3.05, 3.63) is 35.4 Å². The van der Waals surface area contributed by atoms with Crippen molar-refractivity contribution >= 4 is 17.5 Å². The standard InChI is InChI=1S/C15H20ClNO2/c1-2-19-14-4-3-9-17(11-14)15(18)13-7-5-12(10-16)6-8-13/h5-8,14H,2-4,9-11H2,1H3. The van der Waals surface area contributed by atoms with E-state index >= 15 is 0 Å². The molecule has 19 heavy (non-hydrogen) atoms. The second kappa shape index (κ2) is 6.92. The summed E-state index contributed by atoms with van der Waals surface area (Å²) in [5.74, 6) is 0.565. The smallest absolute Gasteiger partial charge is 0.253 e. The van der Waals surface area contributed by atoms with Gasteiger partial charge in [-0.1, -0.05) is 12.1 Å². The lowest BCUT2D eigenvalue weighted by Crippen LogP contribution is -2.43. The van der Waals surface area contributed by atoms with Gasteiger partial charge in [-0.15, -0.1) is 11.6 Å². The van der Waals surface area contributed by atoms with Crippen LogP contribution in [0.4, 0.5) is 0 Å². The van der Waals surface area contributed by atoms with Crippen LogP contribution in [0, 0.1) is 0 Å². The first-order valence-electron chi connectivity index (χ1n) is 6.80. The van der Waals surface area contributed by atoms with Gasteiger partial charge in [-0.3, -0.25) is 4.79 Å². The lowest BCUT2D eigenvalue weighted by Gasteiger charge is -2.32. The Morgan fingerprint density at radius 2 is 2.16 bits per heavy atom. The number of carbonyl (C=O) groups excluding carboxylic acids is 1. The summed E-state index contributed by atoms with van der Waals surface area (Å²) in [6.07, 6.45) is 2.24. The summed E-state index contributed by atoms with van der Waals surface area (Å²) in [7, 11) is 0. The zero-order valence-corrected chi connectivity index (χ0v) is 12.0. The van der Waals surface area contributed by atoms with Gasteiger partial charge in [0.05, 0.1) is 6.10 Å². The first-order valence-corrected chi connectivity index (χ1v) is 7.33. The third-order valence-corrected chi connectivity index (χ3v) is 3.73. The van der Waals surface area contributed by atoms with E-state index in [1.54, 1.807) is 0 Å². The molecule has 4 heteroatoms. The van der Waals surface area contributed by atoms with E-state index in [1.165, 1.54) is 0 Å². The minimum absolute atomic E-state index is 0.0884. The maximum atomic E-state index is 12.4. The molecule has 0 bridgehead atoms. The van der Waals surface area contributed by atoms with Crippen LogP contribution in [0.3, 0.4) is 0 Å². The highest BCUT2D eigenvalue weighted by Crippen LogP contribution is 2.16. The highest BCUT2D eigenvalue weighted by Gasteiger charge is 2.24. The Bertz CT molecular complexity index is 417. The summed E-state index contributed by atoms with van der Waals surface area (Å²) in [5, 5.41) is 0. The maximum Gasteiger partial charge on any atom is 0.253 e. The third-order valence-electron chi connectivity index (χ3n) is 3.42. The van der Waals surface area contributed by atoms with Gasteiger partial charge < -0.3 is 9.64 Å². The number of hydrogen-bond donors (Lipinski definition) is 0. The molecular weight excluding hydrogens is 262 g/mol. The molecule has 1 aliphatic heterocycles. The average Bonchev–Trinajstić information content (AvgIpc) is 2.47. The molecule has 1 saturated heterocycles. The lowest BCUT2D eigenvalue weighted by molar-refractivity contribution is 0.00724. The van der Waals surface area contributed by atoms with Crippen LogP contribution in [0.2, 0.25) is 0 Å². The van der Waals surface area contributed by atoms with Crippen molar-refractivity contribution in [2.75, 3.05) is 19.7 Å². The van der Waals surface area contributed by atoms with Crippen molar-refractivity contribution in [2.45, 2.75) is 31.7 Å². The van der Waals surface area contributed by atoms with Crippen LogP contribution < -0.4 is 0 Å². The molecule has 0 saturated carbocycles. The van der Waals surface area contributed by atoms with Crippen LogP contribution in [0.5, 0.6) is 0 Å². The Morgan fingerprint density at radius 1 is 1.42 bits per heavy atom. The molecule has 2 rings (SSSR count). The van der Waals surface area contributed by atoms with Gasteiger partial charge in [-0.2, -0.15) is 0 Å². The van der Waals surface area contributed by atoms with E-state index in [9.17, 15) is 4.79 Å². The van der Waals surface area contributed by atoms with Crippen LogP contribution in [0.25, 0.3) is 0 Å². The van der Waals surface area contributed by atoms with Crippen LogP contribution in [-0.4, -0.2) is 36.6 Å². The van der Waals surface area contributed by atoms with E-state index in [2.05, 4.69) is 0 Å². The molecule has 0 radical (unpaired) electrons. The molecule has 0 spiro atoms. The SMILES string of the molecule is CCOC1CCCN(C(=O)c2ccc(CCl)cc2)C1. The summed E-state index contributed by atoms with van der Waals surface area (Å²) in [5.41, 5.74) is 1.76. The van der Waals surface area contributed by atoms with Crippen molar-refractivity contribution in [1.82, 2.24) is 4.90 Å². The molecule has 1 amide bonds. The second-order valence-corrected chi connectivity index (χ2v) is 5.07. The van der Waals surface area contributed by atoms with Gasteiger partial charge in [0.25, 0.3) is 5.91 Å². The number of likely N-dealkylation sites (tertiary alicyclic amines) is 1. The lowest BCUT2D eigenvalue weighted by atomic mass is 10.1. The van der Waals surface area contributed by atoms with Gasteiger partial charge in [0.15, 0.2) is 0 Å². The van der Waals surface area contributed by atoms with Crippen molar-refractivity contribution < 1.29 is 9.53 Å². The van der Waals surface area contributed by atoms with Gasteiger partial charge in [0.1, 0.15) is 0 Å². The number of alkyl halides is 1. The normalized spacial score (nSPS) is 19.5. The molecule has 0 N–H and O–H groups in total. The largest absolute Gasteiger partial charge is 0.377 e.